The van der Waals surface area contributed by atoms with E-state index in [0.29, 0.717) is 11.1 Å². The molecule has 0 saturated carbocycles. The molecule has 0 saturated heterocycles. The number of rotatable bonds is 3. The second-order valence-corrected chi connectivity index (χ2v) is 5.62. The molecule has 3 rings (SSSR count). The summed E-state index contributed by atoms with van der Waals surface area (Å²) in [5.74, 6) is -1.71. The summed E-state index contributed by atoms with van der Waals surface area (Å²) in [4.78, 5) is 11.5. The van der Waals surface area contributed by atoms with Crippen molar-refractivity contribution in [1.29, 1.82) is 0 Å². The van der Waals surface area contributed by atoms with Crippen LogP contribution in [0.5, 0.6) is 0 Å². The van der Waals surface area contributed by atoms with Gasteiger partial charge in [-0.2, -0.15) is 13.2 Å². The molecule has 0 unspecified atom stereocenters. The molecule has 26 heavy (non-hydrogen) atoms. The highest BCUT2D eigenvalue weighted by molar-refractivity contribution is 5.99. The summed E-state index contributed by atoms with van der Waals surface area (Å²) in [5, 5.41) is 9.38. The first-order chi connectivity index (χ1) is 12.3. The molecule has 0 atom stereocenters. The zero-order chi connectivity index (χ0) is 18.9. The Morgan fingerprint density at radius 3 is 2.08 bits per heavy atom. The minimum Gasteiger partial charge on any atom is -0.478 e. The van der Waals surface area contributed by atoms with Gasteiger partial charge in [-0.1, -0.05) is 36.4 Å². The van der Waals surface area contributed by atoms with E-state index in [9.17, 15) is 27.5 Å². The molecule has 132 valence electrons. The normalized spacial score (nSPS) is 11.4. The maximum atomic E-state index is 13.2. The number of hydrogen-bond acceptors (Lipinski definition) is 1. The van der Waals surface area contributed by atoms with Crippen LogP contribution < -0.4 is 0 Å². The fourth-order valence-electron chi connectivity index (χ4n) is 2.73. The van der Waals surface area contributed by atoms with E-state index in [1.54, 1.807) is 6.07 Å². The third-order valence-corrected chi connectivity index (χ3v) is 3.95. The Labute approximate surface area is 146 Å². The first kappa shape index (κ1) is 17.7. The second-order valence-electron chi connectivity index (χ2n) is 5.62. The molecular formula is C20H12F4O2. The average molecular weight is 360 g/mol. The van der Waals surface area contributed by atoms with Gasteiger partial charge in [0.1, 0.15) is 5.82 Å². The summed E-state index contributed by atoms with van der Waals surface area (Å²) in [7, 11) is 0. The molecular weight excluding hydrogens is 348 g/mol. The van der Waals surface area contributed by atoms with Crippen molar-refractivity contribution in [1.82, 2.24) is 0 Å². The van der Waals surface area contributed by atoms with Gasteiger partial charge in [0.05, 0.1) is 11.1 Å². The van der Waals surface area contributed by atoms with Crippen molar-refractivity contribution in [3.63, 3.8) is 0 Å². The molecule has 0 amide bonds. The van der Waals surface area contributed by atoms with Gasteiger partial charge in [0.2, 0.25) is 0 Å². The number of alkyl halides is 3. The zero-order valence-corrected chi connectivity index (χ0v) is 13.2. The van der Waals surface area contributed by atoms with Crippen molar-refractivity contribution in [3.8, 4) is 22.3 Å². The number of halogens is 4. The van der Waals surface area contributed by atoms with Crippen molar-refractivity contribution in [2.24, 2.45) is 0 Å². The first-order valence-electron chi connectivity index (χ1n) is 7.57. The topological polar surface area (TPSA) is 37.3 Å². The van der Waals surface area contributed by atoms with Gasteiger partial charge in [-0.25, -0.2) is 9.18 Å². The lowest BCUT2D eigenvalue weighted by Gasteiger charge is -2.15. The Hall–Kier alpha value is -3.15. The highest BCUT2D eigenvalue weighted by Crippen LogP contribution is 2.39. The van der Waals surface area contributed by atoms with Gasteiger partial charge in [-0.15, -0.1) is 0 Å². The van der Waals surface area contributed by atoms with E-state index in [4.69, 9.17) is 0 Å². The van der Waals surface area contributed by atoms with Crippen molar-refractivity contribution in [2.45, 2.75) is 6.18 Å². The van der Waals surface area contributed by atoms with Gasteiger partial charge in [0.15, 0.2) is 0 Å². The van der Waals surface area contributed by atoms with Crippen LogP contribution in [0, 0.1) is 5.82 Å². The maximum absolute atomic E-state index is 13.2. The Morgan fingerprint density at radius 2 is 1.46 bits per heavy atom. The molecule has 0 aliphatic heterocycles. The lowest BCUT2D eigenvalue weighted by atomic mass is 9.90. The Morgan fingerprint density at radius 1 is 0.808 bits per heavy atom. The number of hydrogen-bond donors (Lipinski definition) is 1. The molecule has 0 aliphatic rings. The molecule has 2 nitrogen and oxygen atoms in total. The van der Waals surface area contributed by atoms with Crippen LogP contribution in [0.15, 0.2) is 66.7 Å². The summed E-state index contributed by atoms with van der Waals surface area (Å²) >= 11 is 0. The lowest BCUT2D eigenvalue weighted by molar-refractivity contribution is -0.137. The fraction of sp³-hybridized carbons (Fsp3) is 0.0500. The van der Waals surface area contributed by atoms with Crippen LogP contribution in [0.25, 0.3) is 22.3 Å². The van der Waals surface area contributed by atoms with Gasteiger partial charge < -0.3 is 5.11 Å². The smallest absolute Gasteiger partial charge is 0.416 e. The maximum Gasteiger partial charge on any atom is 0.416 e. The minimum absolute atomic E-state index is 0.0318. The van der Waals surface area contributed by atoms with Crippen molar-refractivity contribution < 1.29 is 27.5 Å². The molecule has 0 aromatic heterocycles. The van der Waals surface area contributed by atoms with E-state index in [2.05, 4.69) is 0 Å². The van der Waals surface area contributed by atoms with E-state index in [-0.39, 0.29) is 16.7 Å². The van der Waals surface area contributed by atoms with Crippen LogP contribution >= 0.6 is 0 Å². The fourth-order valence-corrected chi connectivity index (χ4v) is 2.73. The van der Waals surface area contributed by atoms with Crippen LogP contribution in [0.4, 0.5) is 17.6 Å². The Bertz CT molecular complexity index is 960. The monoisotopic (exact) mass is 360 g/mol. The van der Waals surface area contributed by atoms with Gasteiger partial charge >= 0.3 is 12.1 Å². The van der Waals surface area contributed by atoms with Crippen LogP contribution in [-0.4, -0.2) is 11.1 Å². The Kier molecular flexibility index (Phi) is 4.50. The average Bonchev–Trinajstić information content (AvgIpc) is 2.61. The summed E-state index contributed by atoms with van der Waals surface area (Å²) < 4.78 is 52.6. The van der Waals surface area contributed by atoms with Crippen LogP contribution in [0.3, 0.4) is 0 Å². The molecule has 0 fully saturated rings. The largest absolute Gasteiger partial charge is 0.478 e. The molecule has 0 spiro atoms. The predicted molar refractivity (Wildman–Crippen MR) is 89.2 cm³/mol. The van der Waals surface area contributed by atoms with E-state index < -0.39 is 23.5 Å². The van der Waals surface area contributed by atoms with Crippen LogP contribution in [0.2, 0.25) is 0 Å². The van der Waals surface area contributed by atoms with Crippen LogP contribution in [-0.2, 0) is 6.18 Å². The third kappa shape index (κ3) is 3.44. The van der Waals surface area contributed by atoms with E-state index in [1.165, 1.54) is 36.4 Å². The summed E-state index contributed by atoms with van der Waals surface area (Å²) in [6, 6.07) is 14.1. The summed E-state index contributed by atoms with van der Waals surface area (Å²) in [6.45, 7) is 0. The van der Waals surface area contributed by atoms with Gasteiger partial charge in [-0.05, 0) is 52.6 Å². The van der Waals surface area contributed by atoms with E-state index in [0.717, 1.165) is 24.3 Å². The molecule has 0 radical (unpaired) electrons. The molecule has 6 heteroatoms. The zero-order valence-electron chi connectivity index (χ0n) is 13.2. The number of carbonyl (C=O) groups is 1. The standard InChI is InChI=1S/C20H12F4O2/c21-14-8-5-12(6-9-14)18-11-13(20(22,23)24)7-10-16(18)15-3-1-2-4-17(15)19(25)26/h1-11H,(H,25,26). The number of benzene rings is 3. The second kappa shape index (κ2) is 6.63. The first-order valence-corrected chi connectivity index (χ1v) is 7.57. The summed E-state index contributed by atoms with van der Waals surface area (Å²) in [5.41, 5.74) is 0.237. The van der Waals surface area contributed by atoms with E-state index in [1.807, 2.05) is 0 Å². The number of carboxylic acids is 1. The molecule has 0 heterocycles. The third-order valence-electron chi connectivity index (χ3n) is 3.95. The van der Waals surface area contributed by atoms with Crippen LogP contribution in [0.1, 0.15) is 15.9 Å². The van der Waals surface area contributed by atoms with Crippen molar-refractivity contribution in [2.75, 3.05) is 0 Å². The molecule has 1 N–H and O–H groups in total. The highest BCUT2D eigenvalue weighted by atomic mass is 19.4. The SMILES string of the molecule is O=C(O)c1ccccc1-c1ccc(C(F)(F)F)cc1-c1ccc(F)cc1. The quantitative estimate of drug-likeness (QED) is 0.593. The van der Waals surface area contributed by atoms with Gasteiger partial charge in [0, 0.05) is 0 Å². The highest BCUT2D eigenvalue weighted by Gasteiger charge is 2.31. The minimum atomic E-state index is -4.56. The summed E-state index contributed by atoms with van der Waals surface area (Å²) in [6.07, 6.45) is -4.56. The van der Waals surface area contributed by atoms with Crippen molar-refractivity contribution in [3.05, 3.63) is 83.7 Å². The molecule has 0 bridgehead atoms. The predicted octanol–water partition coefficient (Wildman–Crippen LogP) is 5.88. The number of carboxylic acid groups (broad SMARTS) is 1. The lowest BCUT2D eigenvalue weighted by Crippen LogP contribution is -2.06. The number of aromatic carboxylic acids is 1. The Balaban J connectivity index is 2.29. The molecule has 0 aliphatic carbocycles. The van der Waals surface area contributed by atoms with Gasteiger partial charge in [-0.3, -0.25) is 0 Å². The molecule has 3 aromatic rings. The van der Waals surface area contributed by atoms with E-state index >= 15 is 0 Å². The van der Waals surface area contributed by atoms with Gasteiger partial charge in [0.25, 0.3) is 0 Å². The van der Waals surface area contributed by atoms with Crippen molar-refractivity contribution >= 4 is 5.97 Å². The molecule has 3 aromatic carbocycles.